The molecular formula is C16H29N3. The minimum absolute atomic E-state index is 0.149. The van der Waals surface area contributed by atoms with Crippen molar-refractivity contribution in [2.75, 3.05) is 18.0 Å². The van der Waals surface area contributed by atoms with E-state index in [0.29, 0.717) is 0 Å². The maximum absolute atomic E-state index is 4.52. The molecule has 0 saturated heterocycles. The maximum atomic E-state index is 4.52. The normalized spacial score (nSPS) is 11.6. The molecule has 1 N–H and O–H groups in total. The van der Waals surface area contributed by atoms with E-state index in [-0.39, 0.29) is 5.54 Å². The molecule has 0 radical (unpaired) electrons. The average molecular weight is 263 g/mol. The lowest BCUT2D eigenvalue weighted by atomic mass is 10.1. The summed E-state index contributed by atoms with van der Waals surface area (Å²) in [5, 5.41) is 3.52. The van der Waals surface area contributed by atoms with Crippen LogP contribution in [-0.4, -0.2) is 23.6 Å². The van der Waals surface area contributed by atoms with Crippen molar-refractivity contribution in [1.82, 2.24) is 10.3 Å². The number of hydrogen-bond acceptors (Lipinski definition) is 3. The number of rotatable bonds is 7. The minimum atomic E-state index is 0.149. The Bertz CT molecular complexity index is 363. The van der Waals surface area contributed by atoms with Gasteiger partial charge in [-0.05, 0) is 51.3 Å². The largest absolute Gasteiger partial charge is 0.357 e. The van der Waals surface area contributed by atoms with E-state index < -0.39 is 0 Å². The molecule has 1 rings (SSSR count). The molecule has 19 heavy (non-hydrogen) atoms. The van der Waals surface area contributed by atoms with Crippen LogP contribution in [0.25, 0.3) is 0 Å². The standard InChI is InChI=1S/C16H29N3/c1-6-10-19(11-7-2)15-12-14(8-9-17-15)13-18-16(3,4)5/h8-9,12,18H,6-7,10-11,13H2,1-5H3. The first-order valence-electron chi connectivity index (χ1n) is 7.41. The van der Waals surface area contributed by atoms with Gasteiger partial charge in [-0.1, -0.05) is 13.8 Å². The van der Waals surface area contributed by atoms with Crippen molar-refractivity contribution in [1.29, 1.82) is 0 Å². The van der Waals surface area contributed by atoms with Gasteiger partial charge in [0, 0.05) is 31.4 Å². The second-order valence-electron chi connectivity index (χ2n) is 6.11. The van der Waals surface area contributed by atoms with E-state index in [1.165, 1.54) is 5.56 Å². The molecule has 0 aliphatic heterocycles. The summed E-state index contributed by atoms with van der Waals surface area (Å²) in [7, 11) is 0. The fourth-order valence-corrected chi connectivity index (χ4v) is 1.99. The molecule has 0 fully saturated rings. The monoisotopic (exact) mass is 263 g/mol. The first kappa shape index (κ1) is 16.0. The first-order chi connectivity index (χ1) is 8.96. The van der Waals surface area contributed by atoms with Crippen LogP contribution in [0, 0.1) is 0 Å². The lowest BCUT2D eigenvalue weighted by Crippen LogP contribution is -2.35. The average Bonchev–Trinajstić information content (AvgIpc) is 2.36. The van der Waals surface area contributed by atoms with Crippen LogP contribution in [0.15, 0.2) is 18.3 Å². The van der Waals surface area contributed by atoms with Gasteiger partial charge < -0.3 is 10.2 Å². The van der Waals surface area contributed by atoms with Crippen molar-refractivity contribution >= 4 is 5.82 Å². The van der Waals surface area contributed by atoms with E-state index in [1.54, 1.807) is 0 Å². The summed E-state index contributed by atoms with van der Waals surface area (Å²) in [6.07, 6.45) is 4.24. The molecule has 0 spiro atoms. The quantitative estimate of drug-likeness (QED) is 0.814. The van der Waals surface area contributed by atoms with E-state index in [9.17, 15) is 0 Å². The summed E-state index contributed by atoms with van der Waals surface area (Å²) in [6, 6.07) is 4.31. The van der Waals surface area contributed by atoms with Crippen LogP contribution in [0.5, 0.6) is 0 Å². The molecule has 3 heteroatoms. The lowest BCUT2D eigenvalue weighted by Gasteiger charge is -2.24. The van der Waals surface area contributed by atoms with Crippen molar-refractivity contribution in [2.24, 2.45) is 0 Å². The van der Waals surface area contributed by atoms with Crippen LogP contribution < -0.4 is 10.2 Å². The summed E-state index contributed by atoms with van der Waals surface area (Å²) < 4.78 is 0. The zero-order valence-corrected chi connectivity index (χ0v) is 13.2. The van der Waals surface area contributed by atoms with Crippen LogP contribution in [0.1, 0.15) is 53.0 Å². The summed E-state index contributed by atoms with van der Waals surface area (Å²) >= 11 is 0. The molecule has 1 heterocycles. The summed E-state index contributed by atoms with van der Waals surface area (Å²) in [5.41, 5.74) is 1.45. The Kier molecular flexibility index (Phi) is 6.29. The van der Waals surface area contributed by atoms with Gasteiger partial charge in [-0.3, -0.25) is 0 Å². The second kappa shape index (κ2) is 7.49. The molecule has 108 valence electrons. The van der Waals surface area contributed by atoms with Gasteiger partial charge >= 0.3 is 0 Å². The zero-order valence-electron chi connectivity index (χ0n) is 13.2. The molecule has 0 amide bonds. The van der Waals surface area contributed by atoms with Gasteiger partial charge in [0.2, 0.25) is 0 Å². The molecule has 0 aliphatic carbocycles. The summed E-state index contributed by atoms with van der Waals surface area (Å²) in [6.45, 7) is 14.1. The van der Waals surface area contributed by atoms with E-state index >= 15 is 0 Å². The molecule has 0 unspecified atom stereocenters. The third kappa shape index (κ3) is 6.06. The second-order valence-corrected chi connectivity index (χ2v) is 6.11. The molecular weight excluding hydrogens is 234 g/mol. The number of pyridine rings is 1. The van der Waals surface area contributed by atoms with E-state index in [2.05, 4.69) is 62.0 Å². The molecule has 0 aliphatic rings. The van der Waals surface area contributed by atoms with Gasteiger partial charge in [-0.2, -0.15) is 0 Å². The van der Waals surface area contributed by atoms with Gasteiger partial charge in [0.05, 0.1) is 0 Å². The highest BCUT2D eigenvalue weighted by Gasteiger charge is 2.10. The highest BCUT2D eigenvalue weighted by molar-refractivity contribution is 5.40. The Morgan fingerprint density at radius 3 is 2.32 bits per heavy atom. The van der Waals surface area contributed by atoms with Crippen LogP contribution >= 0.6 is 0 Å². The molecule has 1 aromatic heterocycles. The highest BCUT2D eigenvalue weighted by Crippen LogP contribution is 2.14. The number of nitrogens with one attached hydrogen (secondary N) is 1. The Hall–Kier alpha value is -1.09. The van der Waals surface area contributed by atoms with Crippen molar-refractivity contribution < 1.29 is 0 Å². The SMILES string of the molecule is CCCN(CCC)c1cc(CNC(C)(C)C)ccn1. The van der Waals surface area contributed by atoms with Gasteiger partial charge in [-0.25, -0.2) is 4.98 Å². The topological polar surface area (TPSA) is 28.2 Å². The number of aromatic nitrogens is 1. The van der Waals surface area contributed by atoms with Crippen molar-refractivity contribution in [3.8, 4) is 0 Å². The summed E-state index contributed by atoms with van der Waals surface area (Å²) in [5.74, 6) is 1.11. The van der Waals surface area contributed by atoms with E-state index in [1.807, 2.05) is 6.20 Å². The van der Waals surface area contributed by atoms with Crippen LogP contribution in [0.2, 0.25) is 0 Å². The van der Waals surface area contributed by atoms with Gasteiger partial charge in [0.1, 0.15) is 5.82 Å². The Labute approximate surface area is 118 Å². The molecule has 0 aromatic carbocycles. The predicted molar refractivity (Wildman–Crippen MR) is 83.6 cm³/mol. The number of hydrogen-bond donors (Lipinski definition) is 1. The number of nitrogens with zero attached hydrogens (tertiary/aromatic N) is 2. The van der Waals surface area contributed by atoms with Crippen LogP contribution in [0.4, 0.5) is 5.82 Å². The van der Waals surface area contributed by atoms with Crippen molar-refractivity contribution in [2.45, 2.75) is 59.5 Å². The van der Waals surface area contributed by atoms with E-state index in [0.717, 1.165) is 38.3 Å². The Morgan fingerprint density at radius 2 is 1.79 bits per heavy atom. The minimum Gasteiger partial charge on any atom is -0.357 e. The first-order valence-corrected chi connectivity index (χ1v) is 7.41. The van der Waals surface area contributed by atoms with Crippen molar-refractivity contribution in [3.63, 3.8) is 0 Å². The van der Waals surface area contributed by atoms with Gasteiger partial charge in [0.25, 0.3) is 0 Å². The molecule has 0 atom stereocenters. The zero-order chi connectivity index (χ0) is 14.3. The molecule has 0 bridgehead atoms. The Morgan fingerprint density at radius 1 is 1.16 bits per heavy atom. The third-order valence-electron chi connectivity index (χ3n) is 2.94. The van der Waals surface area contributed by atoms with Gasteiger partial charge in [0.15, 0.2) is 0 Å². The third-order valence-corrected chi connectivity index (χ3v) is 2.94. The Balaban J connectivity index is 2.74. The maximum Gasteiger partial charge on any atom is 0.128 e. The highest BCUT2D eigenvalue weighted by atomic mass is 15.2. The van der Waals surface area contributed by atoms with Crippen LogP contribution in [0.3, 0.4) is 0 Å². The lowest BCUT2D eigenvalue weighted by molar-refractivity contribution is 0.424. The van der Waals surface area contributed by atoms with Crippen LogP contribution in [-0.2, 0) is 6.54 Å². The van der Waals surface area contributed by atoms with E-state index in [4.69, 9.17) is 0 Å². The van der Waals surface area contributed by atoms with Crippen molar-refractivity contribution in [3.05, 3.63) is 23.9 Å². The fraction of sp³-hybridized carbons (Fsp3) is 0.688. The molecule has 1 aromatic rings. The smallest absolute Gasteiger partial charge is 0.128 e. The number of anilines is 1. The predicted octanol–water partition coefficient (Wildman–Crippen LogP) is 3.60. The molecule has 0 saturated carbocycles. The van der Waals surface area contributed by atoms with Gasteiger partial charge in [-0.15, -0.1) is 0 Å². The fourth-order valence-electron chi connectivity index (χ4n) is 1.99. The summed E-state index contributed by atoms with van der Waals surface area (Å²) in [4.78, 5) is 6.90. The molecule has 3 nitrogen and oxygen atoms in total.